The zero-order valence-corrected chi connectivity index (χ0v) is 11.1. The second-order valence-electron chi connectivity index (χ2n) is 5.08. The van der Waals surface area contributed by atoms with Crippen LogP contribution < -0.4 is 0 Å². The maximum absolute atomic E-state index is 11.8. The summed E-state index contributed by atoms with van der Waals surface area (Å²) in [7, 11) is 0. The number of hydrogen-bond acceptors (Lipinski definition) is 2. The van der Waals surface area contributed by atoms with Gasteiger partial charge >= 0.3 is 5.97 Å². The molecule has 17 heavy (non-hydrogen) atoms. The maximum Gasteiger partial charge on any atom is 0.310 e. The van der Waals surface area contributed by atoms with Gasteiger partial charge in [-0.25, -0.2) is 0 Å². The van der Waals surface area contributed by atoms with Crippen LogP contribution >= 0.6 is 11.6 Å². The quantitative estimate of drug-likeness (QED) is 0.768. The van der Waals surface area contributed by atoms with Gasteiger partial charge in [0.2, 0.25) is 0 Å². The molecule has 0 bridgehead atoms. The maximum atomic E-state index is 11.8. The van der Waals surface area contributed by atoms with Crippen molar-refractivity contribution in [1.29, 1.82) is 0 Å². The van der Waals surface area contributed by atoms with Gasteiger partial charge in [-0.05, 0) is 30.0 Å². The summed E-state index contributed by atoms with van der Waals surface area (Å²) in [5.41, 5.74) is 1.15. The lowest BCUT2D eigenvalue weighted by atomic mass is 10.0. The zero-order valence-electron chi connectivity index (χ0n) is 10.4. The zero-order chi connectivity index (χ0) is 12.6. The van der Waals surface area contributed by atoms with Crippen LogP contribution in [0.15, 0.2) is 24.3 Å². The van der Waals surface area contributed by atoms with Crippen molar-refractivity contribution in [2.45, 2.75) is 26.7 Å². The first kappa shape index (κ1) is 12.4. The van der Waals surface area contributed by atoms with Gasteiger partial charge in [-0.15, -0.1) is 0 Å². The van der Waals surface area contributed by atoms with Gasteiger partial charge in [0, 0.05) is 10.9 Å². The third-order valence-corrected chi connectivity index (χ3v) is 3.85. The molecule has 2 nitrogen and oxygen atoms in total. The van der Waals surface area contributed by atoms with Crippen molar-refractivity contribution in [3.8, 4) is 0 Å². The molecule has 3 heteroatoms. The largest absolute Gasteiger partial charge is 0.466 e. The van der Waals surface area contributed by atoms with Crippen molar-refractivity contribution in [1.82, 2.24) is 0 Å². The lowest BCUT2D eigenvalue weighted by Gasteiger charge is -2.02. The number of carbonyl (C=O) groups is 1. The number of hydrogen-bond donors (Lipinski definition) is 0. The molecule has 1 aromatic carbocycles. The third-order valence-electron chi connectivity index (χ3n) is 3.60. The van der Waals surface area contributed by atoms with E-state index in [1.807, 2.05) is 31.2 Å². The Morgan fingerprint density at radius 1 is 1.35 bits per heavy atom. The van der Waals surface area contributed by atoms with E-state index in [9.17, 15) is 4.79 Å². The van der Waals surface area contributed by atoms with Crippen LogP contribution in [0.5, 0.6) is 0 Å². The molecule has 1 aromatic rings. The lowest BCUT2D eigenvalue weighted by molar-refractivity contribution is -0.145. The molecule has 0 spiro atoms. The van der Waals surface area contributed by atoms with Crippen molar-refractivity contribution in [3.63, 3.8) is 0 Å². The summed E-state index contributed by atoms with van der Waals surface area (Å²) in [5, 5.41) is 0.722. The molecule has 1 aliphatic rings. The van der Waals surface area contributed by atoms with Gasteiger partial charge in [0.15, 0.2) is 0 Å². The van der Waals surface area contributed by atoms with Crippen molar-refractivity contribution in [2.24, 2.45) is 11.3 Å². The molecule has 2 unspecified atom stereocenters. The molecule has 0 N–H and O–H groups in total. The molecule has 0 amide bonds. The number of halogens is 1. The number of benzene rings is 1. The number of carbonyl (C=O) groups excluding carboxylic acids is 1. The van der Waals surface area contributed by atoms with Gasteiger partial charge in [0.1, 0.15) is 0 Å². The third kappa shape index (κ3) is 2.19. The van der Waals surface area contributed by atoms with Crippen molar-refractivity contribution >= 4 is 17.6 Å². The monoisotopic (exact) mass is 252 g/mol. The highest BCUT2D eigenvalue weighted by Gasteiger charge is 2.63. The first-order chi connectivity index (χ1) is 7.98. The van der Waals surface area contributed by atoms with E-state index in [0.717, 1.165) is 10.6 Å². The van der Waals surface area contributed by atoms with E-state index in [0.29, 0.717) is 6.61 Å². The molecule has 1 aliphatic carbocycles. The molecule has 92 valence electrons. The van der Waals surface area contributed by atoms with Crippen LogP contribution in [0.25, 0.3) is 0 Å². The molecule has 1 fully saturated rings. The lowest BCUT2D eigenvalue weighted by Crippen LogP contribution is -2.10. The fourth-order valence-corrected chi connectivity index (χ4v) is 2.73. The molecule has 2 atom stereocenters. The van der Waals surface area contributed by atoms with Gasteiger partial charge in [-0.3, -0.25) is 4.79 Å². The molecular weight excluding hydrogens is 236 g/mol. The highest BCUT2D eigenvalue weighted by Crippen LogP contribution is 2.64. The Bertz CT molecular complexity index is 422. The molecular formula is C14H17ClO2. The van der Waals surface area contributed by atoms with Crippen molar-refractivity contribution in [3.05, 3.63) is 34.9 Å². The molecule has 0 heterocycles. The summed E-state index contributed by atoms with van der Waals surface area (Å²) in [6.45, 7) is 6.49. The highest BCUT2D eigenvalue weighted by atomic mass is 35.5. The summed E-state index contributed by atoms with van der Waals surface area (Å²) < 4.78 is 5.11. The van der Waals surface area contributed by atoms with E-state index in [2.05, 4.69) is 13.8 Å². The Labute approximate surface area is 107 Å². The average Bonchev–Trinajstić information content (AvgIpc) is 2.83. The Morgan fingerprint density at radius 3 is 2.47 bits per heavy atom. The van der Waals surface area contributed by atoms with Gasteiger partial charge in [-0.1, -0.05) is 37.6 Å². The highest BCUT2D eigenvalue weighted by molar-refractivity contribution is 6.30. The van der Waals surface area contributed by atoms with Gasteiger partial charge in [0.25, 0.3) is 0 Å². The smallest absolute Gasteiger partial charge is 0.310 e. The SMILES string of the molecule is CCOC(=O)C1C(c2ccc(Cl)cc2)C1(C)C. The summed E-state index contributed by atoms with van der Waals surface area (Å²) in [6.07, 6.45) is 0. The van der Waals surface area contributed by atoms with E-state index in [1.54, 1.807) is 0 Å². The Balaban J connectivity index is 2.18. The summed E-state index contributed by atoms with van der Waals surface area (Å²) in [6, 6.07) is 7.73. The summed E-state index contributed by atoms with van der Waals surface area (Å²) in [4.78, 5) is 11.8. The van der Waals surface area contributed by atoms with E-state index in [1.165, 1.54) is 0 Å². The molecule has 0 radical (unpaired) electrons. The van der Waals surface area contributed by atoms with Gasteiger partial charge in [0.05, 0.1) is 12.5 Å². The van der Waals surface area contributed by atoms with Crippen LogP contribution in [-0.2, 0) is 9.53 Å². The first-order valence-electron chi connectivity index (χ1n) is 5.90. The summed E-state index contributed by atoms with van der Waals surface area (Å²) >= 11 is 5.86. The standard InChI is InChI=1S/C14H17ClO2/c1-4-17-13(16)12-11(14(12,2)3)9-5-7-10(15)8-6-9/h5-8,11-12H,4H2,1-3H3. The first-order valence-corrected chi connectivity index (χ1v) is 6.28. The van der Waals surface area contributed by atoms with Gasteiger partial charge < -0.3 is 4.74 Å². The molecule has 1 saturated carbocycles. The molecule has 0 aromatic heterocycles. The van der Waals surface area contributed by atoms with Crippen LogP contribution in [0.2, 0.25) is 5.02 Å². The van der Waals surface area contributed by atoms with E-state index in [-0.39, 0.29) is 23.2 Å². The minimum Gasteiger partial charge on any atom is -0.466 e. The van der Waals surface area contributed by atoms with Crippen LogP contribution in [0.3, 0.4) is 0 Å². The predicted molar refractivity (Wildman–Crippen MR) is 68.1 cm³/mol. The Morgan fingerprint density at radius 2 is 1.94 bits per heavy atom. The van der Waals surface area contributed by atoms with E-state index < -0.39 is 0 Å². The average molecular weight is 253 g/mol. The second-order valence-corrected chi connectivity index (χ2v) is 5.52. The normalized spacial score (nSPS) is 25.4. The van der Waals surface area contributed by atoms with Crippen molar-refractivity contribution in [2.75, 3.05) is 6.61 Å². The number of rotatable bonds is 3. The molecule has 0 aliphatic heterocycles. The van der Waals surface area contributed by atoms with E-state index in [4.69, 9.17) is 16.3 Å². The van der Waals surface area contributed by atoms with Crippen molar-refractivity contribution < 1.29 is 9.53 Å². The second kappa shape index (κ2) is 4.34. The van der Waals surface area contributed by atoms with Crippen LogP contribution in [0, 0.1) is 11.3 Å². The van der Waals surface area contributed by atoms with Gasteiger partial charge in [-0.2, -0.15) is 0 Å². The minimum atomic E-state index is -0.0857. The predicted octanol–water partition coefficient (Wildman–Crippen LogP) is 3.64. The topological polar surface area (TPSA) is 26.3 Å². The van der Waals surface area contributed by atoms with Crippen LogP contribution in [0.1, 0.15) is 32.3 Å². The Kier molecular flexibility index (Phi) is 3.17. The fraction of sp³-hybridized carbons (Fsp3) is 0.500. The Hall–Kier alpha value is -1.02. The van der Waals surface area contributed by atoms with Crippen LogP contribution in [-0.4, -0.2) is 12.6 Å². The fourth-order valence-electron chi connectivity index (χ4n) is 2.60. The van der Waals surface area contributed by atoms with E-state index >= 15 is 0 Å². The summed E-state index contributed by atoms with van der Waals surface area (Å²) in [5.74, 6) is 0.139. The number of ether oxygens (including phenoxy) is 1. The molecule has 2 rings (SSSR count). The van der Waals surface area contributed by atoms with Crippen LogP contribution in [0.4, 0.5) is 0 Å². The number of esters is 1. The minimum absolute atomic E-state index is 0.0138. The molecule has 0 saturated heterocycles.